The molecule has 0 spiro atoms. The molecule has 98 valence electrons. The van der Waals surface area contributed by atoms with Gasteiger partial charge in [0.15, 0.2) is 0 Å². The number of carbonyl (C=O) groups excluding carboxylic acids is 1. The van der Waals surface area contributed by atoms with Crippen LogP contribution in [0.1, 0.15) is 38.7 Å². The molecule has 1 N–H and O–H groups in total. The van der Waals surface area contributed by atoms with Crippen LogP contribution in [-0.2, 0) is 4.74 Å². The van der Waals surface area contributed by atoms with E-state index in [0.717, 1.165) is 6.42 Å². The van der Waals surface area contributed by atoms with Crippen LogP contribution in [0.3, 0.4) is 0 Å². The van der Waals surface area contributed by atoms with Crippen LogP contribution < -0.4 is 5.32 Å². The molecular weight excluding hydrogens is 226 g/mol. The zero-order valence-corrected chi connectivity index (χ0v) is 11.3. The zero-order valence-electron chi connectivity index (χ0n) is 11.3. The molecule has 2 unspecified atom stereocenters. The minimum atomic E-state index is -0.424. The highest BCUT2D eigenvalue weighted by Crippen LogP contribution is 2.46. The summed E-state index contributed by atoms with van der Waals surface area (Å²) in [5, 5.41) is 2.84. The fraction of sp³-hybridized carbons (Fsp3) is 0.533. The first-order chi connectivity index (χ1) is 8.46. The number of amides is 1. The molecule has 3 nitrogen and oxygen atoms in total. The summed E-state index contributed by atoms with van der Waals surface area (Å²) in [7, 11) is 0. The number of alkyl carbamates (subject to hydrolysis) is 1. The first-order valence-electron chi connectivity index (χ1n) is 6.47. The Bertz CT molecular complexity index is 408. The van der Waals surface area contributed by atoms with Gasteiger partial charge in [-0.05, 0) is 44.6 Å². The topological polar surface area (TPSA) is 38.3 Å². The summed E-state index contributed by atoms with van der Waals surface area (Å²) in [4.78, 5) is 11.5. The predicted octanol–water partition coefficient (Wildman–Crippen LogP) is 3.31. The summed E-state index contributed by atoms with van der Waals surface area (Å²) in [6.45, 7) is 6.32. The van der Waals surface area contributed by atoms with Gasteiger partial charge in [0.2, 0.25) is 0 Å². The van der Waals surface area contributed by atoms with Gasteiger partial charge in [-0.15, -0.1) is 0 Å². The third-order valence-corrected chi connectivity index (χ3v) is 3.06. The molecule has 1 aromatic rings. The highest BCUT2D eigenvalue weighted by molar-refractivity contribution is 5.67. The van der Waals surface area contributed by atoms with Gasteiger partial charge in [0.05, 0.1) is 0 Å². The van der Waals surface area contributed by atoms with Crippen molar-refractivity contribution in [1.82, 2.24) is 5.32 Å². The van der Waals surface area contributed by atoms with Gasteiger partial charge in [0.1, 0.15) is 5.60 Å². The molecule has 0 heterocycles. The van der Waals surface area contributed by atoms with Crippen molar-refractivity contribution < 1.29 is 9.53 Å². The molecular formula is C15H21NO2. The van der Waals surface area contributed by atoms with E-state index in [0.29, 0.717) is 18.4 Å². The first kappa shape index (κ1) is 12.9. The number of hydrogen-bond donors (Lipinski definition) is 1. The van der Waals surface area contributed by atoms with E-state index >= 15 is 0 Å². The smallest absolute Gasteiger partial charge is 0.407 e. The van der Waals surface area contributed by atoms with Crippen LogP contribution in [0.15, 0.2) is 30.3 Å². The number of ether oxygens (including phenoxy) is 1. The Morgan fingerprint density at radius 3 is 2.61 bits per heavy atom. The largest absolute Gasteiger partial charge is 0.444 e. The lowest BCUT2D eigenvalue weighted by molar-refractivity contribution is 0.0525. The predicted molar refractivity (Wildman–Crippen MR) is 71.5 cm³/mol. The number of benzene rings is 1. The van der Waals surface area contributed by atoms with Crippen LogP contribution in [-0.4, -0.2) is 18.2 Å². The highest BCUT2D eigenvalue weighted by atomic mass is 16.6. The zero-order chi connectivity index (χ0) is 13.2. The maximum Gasteiger partial charge on any atom is 0.407 e. The second-order valence-electron chi connectivity index (χ2n) is 5.90. The number of carbonyl (C=O) groups is 1. The summed E-state index contributed by atoms with van der Waals surface area (Å²) < 4.78 is 5.21. The molecule has 0 aromatic heterocycles. The number of nitrogens with one attached hydrogen (secondary N) is 1. The lowest BCUT2D eigenvalue weighted by Crippen LogP contribution is -2.33. The van der Waals surface area contributed by atoms with Crippen molar-refractivity contribution in [2.75, 3.05) is 6.54 Å². The molecule has 2 atom stereocenters. The Balaban J connectivity index is 1.73. The molecule has 2 rings (SSSR count). The highest BCUT2D eigenvalue weighted by Gasteiger charge is 2.38. The van der Waals surface area contributed by atoms with Crippen molar-refractivity contribution in [3.05, 3.63) is 35.9 Å². The van der Waals surface area contributed by atoms with E-state index in [-0.39, 0.29) is 6.09 Å². The minimum absolute atomic E-state index is 0.318. The van der Waals surface area contributed by atoms with Crippen molar-refractivity contribution in [1.29, 1.82) is 0 Å². The molecule has 0 bridgehead atoms. The minimum Gasteiger partial charge on any atom is -0.444 e. The average Bonchev–Trinajstić information content (AvgIpc) is 3.05. The fourth-order valence-corrected chi connectivity index (χ4v) is 2.11. The lowest BCUT2D eigenvalue weighted by atomic mass is 10.1. The van der Waals surface area contributed by atoms with E-state index in [1.165, 1.54) is 5.56 Å². The van der Waals surface area contributed by atoms with Crippen molar-refractivity contribution in [2.24, 2.45) is 5.92 Å². The fourth-order valence-electron chi connectivity index (χ4n) is 2.11. The molecule has 0 saturated heterocycles. The Morgan fingerprint density at radius 2 is 2.00 bits per heavy atom. The van der Waals surface area contributed by atoms with Crippen molar-refractivity contribution >= 4 is 6.09 Å². The van der Waals surface area contributed by atoms with E-state index in [9.17, 15) is 4.79 Å². The quantitative estimate of drug-likeness (QED) is 0.889. The van der Waals surface area contributed by atoms with Gasteiger partial charge in [-0.25, -0.2) is 4.79 Å². The Kier molecular flexibility index (Phi) is 3.60. The molecule has 1 saturated carbocycles. The normalized spacial score (nSPS) is 22.4. The van der Waals surface area contributed by atoms with Gasteiger partial charge in [-0.3, -0.25) is 0 Å². The van der Waals surface area contributed by atoms with Crippen LogP contribution in [0.2, 0.25) is 0 Å². The molecule has 0 aliphatic heterocycles. The Morgan fingerprint density at radius 1 is 1.33 bits per heavy atom. The van der Waals surface area contributed by atoms with Gasteiger partial charge in [0.25, 0.3) is 0 Å². The van der Waals surface area contributed by atoms with Crippen LogP contribution >= 0.6 is 0 Å². The maximum atomic E-state index is 11.5. The van der Waals surface area contributed by atoms with Crippen LogP contribution in [0.4, 0.5) is 4.79 Å². The SMILES string of the molecule is CC(C)(C)OC(=O)NCC1CC1c1ccccc1. The van der Waals surface area contributed by atoms with Crippen molar-refractivity contribution in [3.8, 4) is 0 Å². The molecule has 1 fully saturated rings. The molecule has 3 heteroatoms. The first-order valence-corrected chi connectivity index (χ1v) is 6.47. The second kappa shape index (κ2) is 5.01. The Labute approximate surface area is 109 Å². The standard InChI is InChI=1S/C15H21NO2/c1-15(2,3)18-14(17)16-10-12-9-13(12)11-7-5-4-6-8-11/h4-8,12-13H,9-10H2,1-3H3,(H,16,17). The molecule has 18 heavy (non-hydrogen) atoms. The van der Waals surface area contributed by atoms with E-state index in [1.54, 1.807) is 0 Å². The molecule has 1 amide bonds. The average molecular weight is 247 g/mol. The van der Waals surface area contributed by atoms with Gasteiger partial charge < -0.3 is 10.1 Å². The van der Waals surface area contributed by atoms with Crippen molar-refractivity contribution in [2.45, 2.75) is 38.7 Å². The summed E-state index contributed by atoms with van der Waals surface area (Å²) in [6, 6.07) is 10.5. The Hall–Kier alpha value is -1.51. The van der Waals surface area contributed by atoms with Gasteiger partial charge >= 0.3 is 6.09 Å². The van der Waals surface area contributed by atoms with Crippen LogP contribution in [0, 0.1) is 5.92 Å². The summed E-state index contributed by atoms with van der Waals surface area (Å²) in [5.74, 6) is 1.15. The molecule has 1 aliphatic rings. The third kappa shape index (κ3) is 3.76. The van der Waals surface area contributed by atoms with Gasteiger partial charge in [0, 0.05) is 6.54 Å². The molecule has 0 radical (unpaired) electrons. The third-order valence-electron chi connectivity index (χ3n) is 3.06. The number of rotatable bonds is 3. The van der Waals surface area contributed by atoms with Crippen LogP contribution in [0.5, 0.6) is 0 Å². The van der Waals surface area contributed by atoms with Crippen molar-refractivity contribution in [3.63, 3.8) is 0 Å². The van der Waals surface area contributed by atoms with Gasteiger partial charge in [-0.2, -0.15) is 0 Å². The monoisotopic (exact) mass is 247 g/mol. The second-order valence-corrected chi connectivity index (χ2v) is 5.90. The van der Waals surface area contributed by atoms with E-state index in [1.807, 2.05) is 26.8 Å². The van der Waals surface area contributed by atoms with E-state index < -0.39 is 5.60 Å². The summed E-state index contributed by atoms with van der Waals surface area (Å²) in [6.07, 6.45) is 0.834. The summed E-state index contributed by atoms with van der Waals surface area (Å²) in [5.41, 5.74) is 0.945. The van der Waals surface area contributed by atoms with E-state index in [4.69, 9.17) is 4.74 Å². The van der Waals surface area contributed by atoms with E-state index in [2.05, 4.69) is 29.6 Å². The molecule has 1 aromatic carbocycles. The number of hydrogen-bond acceptors (Lipinski definition) is 2. The van der Waals surface area contributed by atoms with Crippen LogP contribution in [0.25, 0.3) is 0 Å². The lowest BCUT2D eigenvalue weighted by Gasteiger charge is -2.19. The summed E-state index contributed by atoms with van der Waals surface area (Å²) >= 11 is 0. The molecule has 1 aliphatic carbocycles. The maximum absolute atomic E-state index is 11.5. The van der Waals surface area contributed by atoms with Gasteiger partial charge in [-0.1, -0.05) is 30.3 Å².